The van der Waals surface area contributed by atoms with Gasteiger partial charge in [-0.2, -0.15) is 0 Å². The molecule has 4 aromatic rings. The van der Waals surface area contributed by atoms with Crippen LogP contribution >= 0.6 is 11.6 Å². The molecule has 0 bridgehead atoms. The highest BCUT2D eigenvalue weighted by Gasteiger charge is 2.13. The molecule has 0 aliphatic heterocycles. The van der Waals surface area contributed by atoms with Gasteiger partial charge in [0.1, 0.15) is 12.1 Å². The third-order valence-corrected chi connectivity index (χ3v) is 4.29. The molecule has 2 heterocycles. The molecule has 4 rings (SSSR count). The van der Waals surface area contributed by atoms with Crippen LogP contribution in [0.3, 0.4) is 0 Å². The highest BCUT2D eigenvalue weighted by molar-refractivity contribution is 6.30. The minimum Gasteiger partial charge on any atom is -0.293 e. The van der Waals surface area contributed by atoms with Gasteiger partial charge in [0.15, 0.2) is 11.2 Å². The first-order valence-electron chi connectivity index (χ1n) is 7.88. The molecule has 0 fully saturated rings. The number of halogens is 2. The molecule has 0 aliphatic carbocycles. The van der Waals surface area contributed by atoms with E-state index in [1.165, 1.54) is 17.0 Å². The minimum atomic E-state index is -0.370. The number of rotatable bonds is 4. The first-order valence-corrected chi connectivity index (χ1v) is 8.26. The van der Waals surface area contributed by atoms with Crippen LogP contribution < -0.4 is 5.56 Å². The van der Waals surface area contributed by atoms with Crippen molar-refractivity contribution in [2.75, 3.05) is 0 Å². The molecule has 0 N–H and O–H groups in total. The van der Waals surface area contributed by atoms with E-state index in [1.54, 1.807) is 35.0 Å². The lowest BCUT2D eigenvalue weighted by molar-refractivity contribution is 0.595. The topological polar surface area (TPSA) is 65.6 Å². The quantitative estimate of drug-likeness (QED) is 0.555. The van der Waals surface area contributed by atoms with Crippen LogP contribution in [0, 0.1) is 5.82 Å². The van der Waals surface area contributed by atoms with Crippen molar-refractivity contribution in [1.82, 2.24) is 24.5 Å². The summed E-state index contributed by atoms with van der Waals surface area (Å²) in [6.45, 7) is 0.496. The monoisotopic (exact) mass is 369 g/mol. The van der Waals surface area contributed by atoms with Crippen molar-refractivity contribution < 1.29 is 4.39 Å². The smallest absolute Gasteiger partial charge is 0.283 e. The largest absolute Gasteiger partial charge is 0.293 e. The molecular formula is C18H13ClFN5O. The Morgan fingerprint density at radius 3 is 2.58 bits per heavy atom. The summed E-state index contributed by atoms with van der Waals surface area (Å²) in [4.78, 5) is 16.9. The summed E-state index contributed by atoms with van der Waals surface area (Å²) in [5.41, 5.74) is 1.54. The predicted octanol–water partition coefficient (Wildman–Crippen LogP) is 2.88. The summed E-state index contributed by atoms with van der Waals surface area (Å²) in [7, 11) is 0. The zero-order valence-corrected chi connectivity index (χ0v) is 14.3. The SMILES string of the molecule is O=c1c2nnn(Cc3ccc(Cl)cc3)c2ncn1Cc1ccccc1F. The van der Waals surface area contributed by atoms with Crippen LogP contribution in [0.4, 0.5) is 4.39 Å². The van der Waals surface area contributed by atoms with Gasteiger partial charge in [-0.05, 0) is 23.8 Å². The second-order valence-electron chi connectivity index (χ2n) is 5.81. The van der Waals surface area contributed by atoms with E-state index in [0.717, 1.165) is 5.56 Å². The van der Waals surface area contributed by atoms with Gasteiger partial charge in [0, 0.05) is 10.6 Å². The van der Waals surface area contributed by atoms with E-state index in [1.807, 2.05) is 12.1 Å². The molecule has 2 aromatic heterocycles. The second kappa shape index (κ2) is 6.68. The maximum absolute atomic E-state index is 13.8. The standard InChI is InChI=1S/C18H13ClFN5O/c19-14-7-5-12(6-8-14)9-25-17-16(22-23-25)18(26)24(11-21-17)10-13-3-1-2-4-15(13)20/h1-8,11H,9-10H2. The normalized spacial score (nSPS) is 11.2. The molecule has 0 amide bonds. The third kappa shape index (κ3) is 3.09. The maximum atomic E-state index is 13.8. The van der Waals surface area contributed by atoms with Crippen LogP contribution in [0.1, 0.15) is 11.1 Å². The van der Waals surface area contributed by atoms with Crippen LogP contribution in [0.25, 0.3) is 11.2 Å². The van der Waals surface area contributed by atoms with Crippen LogP contribution in [-0.2, 0) is 13.1 Å². The molecule has 6 nitrogen and oxygen atoms in total. The average molecular weight is 370 g/mol. The zero-order valence-electron chi connectivity index (χ0n) is 13.5. The summed E-state index contributed by atoms with van der Waals surface area (Å²) in [5, 5.41) is 8.62. The lowest BCUT2D eigenvalue weighted by Gasteiger charge is -2.06. The Bertz CT molecular complexity index is 1140. The Kier molecular flexibility index (Phi) is 4.22. The van der Waals surface area contributed by atoms with Gasteiger partial charge >= 0.3 is 0 Å². The molecule has 0 radical (unpaired) electrons. The fraction of sp³-hybridized carbons (Fsp3) is 0.111. The Morgan fingerprint density at radius 2 is 1.81 bits per heavy atom. The second-order valence-corrected chi connectivity index (χ2v) is 6.25. The molecule has 26 heavy (non-hydrogen) atoms. The number of hydrogen-bond donors (Lipinski definition) is 0. The predicted molar refractivity (Wildman–Crippen MR) is 95.6 cm³/mol. The van der Waals surface area contributed by atoms with E-state index in [4.69, 9.17) is 11.6 Å². The van der Waals surface area contributed by atoms with Gasteiger partial charge in [-0.15, -0.1) is 5.10 Å². The molecule has 2 aromatic carbocycles. The Labute approximate surface area is 152 Å². The van der Waals surface area contributed by atoms with E-state index < -0.39 is 0 Å². The molecular weight excluding hydrogens is 357 g/mol. The highest BCUT2D eigenvalue weighted by atomic mass is 35.5. The van der Waals surface area contributed by atoms with E-state index in [0.29, 0.717) is 22.8 Å². The van der Waals surface area contributed by atoms with Gasteiger partial charge in [-0.25, -0.2) is 14.1 Å². The summed E-state index contributed by atoms with van der Waals surface area (Å²) < 4.78 is 16.7. The van der Waals surface area contributed by atoms with E-state index in [-0.39, 0.29) is 23.4 Å². The van der Waals surface area contributed by atoms with Crippen molar-refractivity contribution in [3.8, 4) is 0 Å². The van der Waals surface area contributed by atoms with Crippen molar-refractivity contribution in [2.45, 2.75) is 13.1 Å². The molecule has 0 atom stereocenters. The first-order chi connectivity index (χ1) is 12.6. The number of hydrogen-bond acceptors (Lipinski definition) is 4. The van der Waals surface area contributed by atoms with E-state index in [2.05, 4.69) is 15.3 Å². The van der Waals surface area contributed by atoms with Crippen LogP contribution in [0.5, 0.6) is 0 Å². The summed E-state index contributed by atoms with van der Waals surface area (Å²) in [6.07, 6.45) is 1.39. The Hall–Kier alpha value is -3.06. The van der Waals surface area contributed by atoms with Crippen molar-refractivity contribution >= 4 is 22.8 Å². The lowest BCUT2D eigenvalue weighted by Crippen LogP contribution is -2.22. The third-order valence-electron chi connectivity index (χ3n) is 4.04. The number of aromatic nitrogens is 5. The Balaban J connectivity index is 1.68. The molecule has 8 heteroatoms. The van der Waals surface area contributed by atoms with Crippen LogP contribution in [0.15, 0.2) is 59.7 Å². The summed E-state index contributed by atoms with van der Waals surface area (Å²) in [5.74, 6) is -0.370. The fourth-order valence-electron chi connectivity index (χ4n) is 2.68. The van der Waals surface area contributed by atoms with Gasteiger partial charge in [0.25, 0.3) is 5.56 Å². The summed E-state index contributed by atoms with van der Waals surface area (Å²) in [6, 6.07) is 13.6. The van der Waals surface area contributed by atoms with Gasteiger partial charge in [0.05, 0.1) is 13.1 Å². The number of benzene rings is 2. The van der Waals surface area contributed by atoms with Gasteiger partial charge < -0.3 is 0 Å². The fourth-order valence-corrected chi connectivity index (χ4v) is 2.81. The zero-order chi connectivity index (χ0) is 18.1. The van der Waals surface area contributed by atoms with E-state index in [9.17, 15) is 9.18 Å². The van der Waals surface area contributed by atoms with Gasteiger partial charge in [-0.3, -0.25) is 9.36 Å². The van der Waals surface area contributed by atoms with Gasteiger partial charge in [0.2, 0.25) is 0 Å². The van der Waals surface area contributed by atoms with Crippen LogP contribution in [-0.4, -0.2) is 24.5 Å². The van der Waals surface area contributed by atoms with Gasteiger partial charge in [-0.1, -0.05) is 47.1 Å². The van der Waals surface area contributed by atoms with Crippen molar-refractivity contribution in [3.05, 3.63) is 87.2 Å². The van der Waals surface area contributed by atoms with Crippen molar-refractivity contribution in [3.63, 3.8) is 0 Å². The maximum Gasteiger partial charge on any atom is 0.283 e. The molecule has 0 saturated carbocycles. The average Bonchev–Trinajstić information content (AvgIpc) is 3.05. The van der Waals surface area contributed by atoms with Crippen molar-refractivity contribution in [1.29, 1.82) is 0 Å². The lowest BCUT2D eigenvalue weighted by atomic mass is 10.2. The summed E-state index contributed by atoms with van der Waals surface area (Å²) >= 11 is 5.89. The Morgan fingerprint density at radius 1 is 1.04 bits per heavy atom. The number of fused-ring (bicyclic) bond motifs is 1. The molecule has 0 saturated heterocycles. The highest BCUT2D eigenvalue weighted by Crippen LogP contribution is 2.12. The molecule has 0 aliphatic rings. The first kappa shape index (κ1) is 16.4. The number of nitrogens with zero attached hydrogens (tertiary/aromatic N) is 5. The van der Waals surface area contributed by atoms with Crippen molar-refractivity contribution in [2.24, 2.45) is 0 Å². The van der Waals surface area contributed by atoms with Crippen LogP contribution in [0.2, 0.25) is 5.02 Å². The van der Waals surface area contributed by atoms with E-state index >= 15 is 0 Å². The molecule has 0 spiro atoms. The minimum absolute atomic E-state index is 0.0818. The molecule has 130 valence electrons. The molecule has 0 unspecified atom stereocenters.